The SMILES string of the molecule is CN=CC=C(N)Cc1ccccc1. The average Bonchev–Trinajstić information content (AvgIpc) is 2.16. The molecule has 0 aromatic heterocycles. The van der Waals surface area contributed by atoms with Gasteiger partial charge in [-0.25, -0.2) is 0 Å². The molecule has 2 N–H and O–H groups in total. The molecule has 0 atom stereocenters. The summed E-state index contributed by atoms with van der Waals surface area (Å²) in [4.78, 5) is 3.84. The predicted molar refractivity (Wildman–Crippen MR) is 56.8 cm³/mol. The van der Waals surface area contributed by atoms with Crippen molar-refractivity contribution in [2.75, 3.05) is 7.05 Å². The molecule has 1 aromatic rings. The maximum Gasteiger partial charge on any atom is 0.0277 e. The highest BCUT2D eigenvalue weighted by Gasteiger charge is 1.91. The van der Waals surface area contributed by atoms with E-state index in [4.69, 9.17) is 5.73 Å². The Morgan fingerprint density at radius 2 is 2.08 bits per heavy atom. The van der Waals surface area contributed by atoms with Crippen LogP contribution in [0.2, 0.25) is 0 Å². The molecular weight excluding hydrogens is 160 g/mol. The van der Waals surface area contributed by atoms with Crippen LogP contribution in [0, 0.1) is 0 Å². The van der Waals surface area contributed by atoms with E-state index in [0.29, 0.717) is 0 Å². The van der Waals surface area contributed by atoms with Gasteiger partial charge in [0.25, 0.3) is 0 Å². The smallest absolute Gasteiger partial charge is 0.0277 e. The maximum absolute atomic E-state index is 5.76. The Morgan fingerprint density at radius 1 is 1.38 bits per heavy atom. The van der Waals surface area contributed by atoms with E-state index in [1.807, 2.05) is 24.3 Å². The van der Waals surface area contributed by atoms with Gasteiger partial charge in [-0.2, -0.15) is 0 Å². The second-order valence-electron chi connectivity index (χ2n) is 2.81. The zero-order chi connectivity index (χ0) is 9.52. The molecular formula is C11H14N2. The first kappa shape index (κ1) is 9.52. The van der Waals surface area contributed by atoms with Crippen LogP contribution in [-0.2, 0) is 6.42 Å². The van der Waals surface area contributed by atoms with Crippen LogP contribution in [-0.4, -0.2) is 13.3 Å². The third kappa shape index (κ3) is 3.56. The normalized spacial score (nSPS) is 12.2. The molecule has 0 aliphatic heterocycles. The lowest BCUT2D eigenvalue weighted by Crippen LogP contribution is -2.01. The summed E-state index contributed by atoms with van der Waals surface area (Å²) in [6.07, 6.45) is 4.32. The van der Waals surface area contributed by atoms with E-state index in [9.17, 15) is 0 Å². The Labute approximate surface area is 78.8 Å². The van der Waals surface area contributed by atoms with Crippen molar-refractivity contribution in [3.05, 3.63) is 47.7 Å². The highest BCUT2D eigenvalue weighted by atomic mass is 14.6. The topological polar surface area (TPSA) is 38.4 Å². The van der Waals surface area contributed by atoms with Crippen LogP contribution in [0.4, 0.5) is 0 Å². The summed E-state index contributed by atoms with van der Waals surface area (Å²) in [5, 5.41) is 0. The second kappa shape index (κ2) is 5.14. The summed E-state index contributed by atoms with van der Waals surface area (Å²) in [6.45, 7) is 0. The molecule has 0 spiro atoms. The number of nitrogens with zero attached hydrogens (tertiary/aromatic N) is 1. The fourth-order valence-corrected chi connectivity index (χ4v) is 1.06. The molecule has 0 amide bonds. The predicted octanol–water partition coefficient (Wildman–Crippen LogP) is 1.77. The van der Waals surface area contributed by atoms with Crippen LogP contribution >= 0.6 is 0 Å². The Kier molecular flexibility index (Phi) is 3.76. The molecule has 0 aliphatic carbocycles. The van der Waals surface area contributed by atoms with Crippen LogP contribution < -0.4 is 5.73 Å². The number of hydrogen-bond acceptors (Lipinski definition) is 2. The van der Waals surface area contributed by atoms with Crippen molar-refractivity contribution in [3.63, 3.8) is 0 Å². The van der Waals surface area contributed by atoms with E-state index in [1.54, 1.807) is 13.3 Å². The molecule has 0 heterocycles. The molecule has 2 heteroatoms. The fraction of sp³-hybridized carbons (Fsp3) is 0.182. The summed E-state index contributed by atoms with van der Waals surface area (Å²) in [6, 6.07) is 10.1. The average molecular weight is 174 g/mol. The number of nitrogens with two attached hydrogens (primary N) is 1. The first-order chi connectivity index (χ1) is 6.33. The first-order valence-corrected chi connectivity index (χ1v) is 4.23. The second-order valence-corrected chi connectivity index (χ2v) is 2.81. The molecule has 1 aromatic carbocycles. The third-order valence-corrected chi connectivity index (χ3v) is 1.69. The summed E-state index contributed by atoms with van der Waals surface area (Å²) in [5.41, 5.74) is 7.81. The molecule has 0 aliphatic rings. The molecule has 0 fully saturated rings. The standard InChI is InChI=1S/C11H14N2/c1-13-8-7-11(12)9-10-5-3-2-4-6-10/h2-8H,9,12H2,1H3. The molecule has 13 heavy (non-hydrogen) atoms. The van der Waals surface area contributed by atoms with Crippen molar-refractivity contribution in [3.8, 4) is 0 Å². The number of aliphatic imine (C=N–C) groups is 1. The van der Waals surface area contributed by atoms with Gasteiger partial charge in [0, 0.05) is 25.4 Å². The lowest BCUT2D eigenvalue weighted by molar-refractivity contribution is 1.11. The minimum Gasteiger partial charge on any atom is -0.402 e. The zero-order valence-corrected chi connectivity index (χ0v) is 7.77. The van der Waals surface area contributed by atoms with Gasteiger partial charge < -0.3 is 5.73 Å². The molecule has 0 unspecified atom stereocenters. The third-order valence-electron chi connectivity index (χ3n) is 1.69. The minimum atomic E-state index is 0.785. The van der Waals surface area contributed by atoms with Crippen molar-refractivity contribution < 1.29 is 0 Å². The van der Waals surface area contributed by atoms with Crippen LogP contribution in [0.15, 0.2) is 47.1 Å². The fourth-order valence-electron chi connectivity index (χ4n) is 1.06. The minimum absolute atomic E-state index is 0.785. The molecule has 0 radical (unpaired) electrons. The Morgan fingerprint density at radius 3 is 2.69 bits per heavy atom. The van der Waals surface area contributed by atoms with Gasteiger partial charge in [0.05, 0.1) is 0 Å². The van der Waals surface area contributed by atoms with Crippen molar-refractivity contribution in [2.24, 2.45) is 10.7 Å². The van der Waals surface area contributed by atoms with Crippen LogP contribution in [0.5, 0.6) is 0 Å². The van der Waals surface area contributed by atoms with E-state index in [2.05, 4.69) is 17.1 Å². The van der Waals surface area contributed by atoms with Crippen LogP contribution in [0.25, 0.3) is 0 Å². The molecule has 68 valence electrons. The van der Waals surface area contributed by atoms with Gasteiger partial charge in [-0.15, -0.1) is 0 Å². The number of allylic oxidation sites excluding steroid dienone is 2. The lowest BCUT2D eigenvalue weighted by Gasteiger charge is -1.99. The van der Waals surface area contributed by atoms with Gasteiger partial charge in [0.1, 0.15) is 0 Å². The highest BCUT2D eigenvalue weighted by molar-refractivity contribution is 5.71. The zero-order valence-electron chi connectivity index (χ0n) is 7.77. The Balaban J connectivity index is 2.60. The largest absolute Gasteiger partial charge is 0.402 e. The van der Waals surface area contributed by atoms with E-state index in [0.717, 1.165) is 12.1 Å². The summed E-state index contributed by atoms with van der Waals surface area (Å²) < 4.78 is 0. The van der Waals surface area contributed by atoms with E-state index < -0.39 is 0 Å². The maximum atomic E-state index is 5.76. The van der Waals surface area contributed by atoms with Crippen molar-refractivity contribution >= 4 is 6.21 Å². The van der Waals surface area contributed by atoms with E-state index in [-0.39, 0.29) is 0 Å². The number of benzene rings is 1. The van der Waals surface area contributed by atoms with Crippen molar-refractivity contribution in [1.82, 2.24) is 0 Å². The Hall–Kier alpha value is -1.57. The molecule has 1 rings (SSSR count). The summed E-state index contributed by atoms with van der Waals surface area (Å²) >= 11 is 0. The van der Waals surface area contributed by atoms with Gasteiger partial charge in [-0.05, 0) is 11.6 Å². The van der Waals surface area contributed by atoms with Gasteiger partial charge in [0.15, 0.2) is 0 Å². The summed E-state index contributed by atoms with van der Waals surface area (Å²) in [5.74, 6) is 0. The van der Waals surface area contributed by atoms with Gasteiger partial charge in [-0.3, -0.25) is 4.99 Å². The number of hydrogen-bond donors (Lipinski definition) is 1. The monoisotopic (exact) mass is 174 g/mol. The lowest BCUT2D eigenvalue weighted by atomic mass is 10.1. The quantitative estimate of drug-likeness (QED) is 0.697. The molecule has 0 saturated heterocycles. The molecule has 0 bridgehead atoms. The van der Waals surface area contributed by atoms with Crippen LogP contribution in [0.1, 0.15) is 5.56 Å². The van der Waals surface area contributed by atoms with Crippen molar-refractivity contribution in [2.45, 2.75) is 6.42 Å². The van der Waals surface area contributed by atoms with E-state index >= 15 is 0 Å². The summed E-state index contributed by atoms with van der Waals surface area (Å²) in [7, 11) is 1.73. The van der Waals surface area contributed by atoms with Gasteiger partial charge in [-0.1, -0.05) is 30.3 Å². The van der Waals surface area contributed by atoms with Crippen LogP contribution in [0.3, 0.4) is 0 Å². The van der Waals surface area contributed by atoms with Gasteiger partial charge in [0.2, 0.25) is 0 Å². The van der Waals surface area contributed by atoms with Crippen molar-refractivity contribution in [1.29, 1.82) is 0 Å². The highest BCUT2D eigenvalue weighted by Crippen LogP contribution is 2.02. The molecule has 2 nitrogen and oxygen atoms in total. The Bertz CT molecular complexity index is 299. The number of rotatable bonds is 3. The first-order valence-electron chi connectivity index (χ1n) is 4.23. The van der Waals surface area contributed by atoms with Gasteiger partial charge >= 0.3 is 0 Å². The van der Waals surface area contributed by atoms with E-state index in [1.165, 1.54) is 5.56 Å². The molecule has 0 saturated carbocycles.